The van der Waals surface area contributed by atoms with E-state index in [1.165, 1.54) is 7.11 Å². The quantitative estimate of drug-likeness (QED) is 0.808. The van der Waals surface area contributed by atoms with Crippen molar-refractivity contribution in [2.75, 3.05) is 25.6 Å². The van der Waals surface area contributed by atoms with Gasteiger partial charge in [0.1, 0.15) is 11.4 Å². The highest BCUT2D eigenvalue weighted by atomic mass is 16.5. The van der Waals surface area contributed by atoms with Crippen molar-refractivity contribution < 1.29 is 14.3 Å². The molecule has 0 spiro atoms. The van der Waals surface area contributed by atoms with Gasteiger partial charge in [-0.05, 0) is 31.4 Å². The van der Waals surface area contributed by atoms with Crippen LogP contribution < -0.4 is 5.32 Å². The van der Waals surface area contributed by atoms with Gasteiger partial charge in [-0.15, -0.1) is 0 Å². The Morgan fingerprint density at radius 2 is 2.56 bits per heavy atom. The number of nitrogens with zero attached hydrogens (tertiary/aromatic N) is 1. The molecule has 1 fully saturated rings. The predicted octanol–water partition coefficient (Wildman–Crippen LogP) is 1.85. The molecular formula is C13H18N2O3. The maximum atomic E-state index is 11.5. The molecule has 1 saturated heterocycles. The van der Waals surface area contributed by atoms with Crippen molar-refractivity contribution in [3.8, 4) is 0 Å². The molecule has 2 rings (SSSR count). The number of anilines is 1. The van der Waals surface area contributed by atoms with E-state index in [1.54, 1.807) is 18.3 Å². The number of aromatic nitrogens is 1. The maximum absolute atomic E-state index is 11.5. The van der Waals surface area contributed by atoms with Crippen molar-refractivity contribution in [1.82, 2.24) is 4.98 Å². The summed E-state index contributed by atoms with van der Waals surface area (Å²) in [4.78, 5) is 15.7. The van der Waals surface area contributed by atoms with E-state index in [1.807, 2.05) is 0 Å². The molecule has 98 valence electrons. The molecule has 1 aliphatic heterocycles. The summed E-state index contributed by atoms with van der Waals surface area (Å²) in [5.74, 6) is 0.199. The SMILES string of the molecule is COC(=O)c1cccnc1NCCC1CCCO1. The lowest BCUT2D eigenvalue weighted by molar-refractivity contribution is 0.0601. The van der Waals surface area contributed by atoms with Crippen LogP contribution in [0.3, 0.4) is 0 Å². The van der Waals surface area contributed by atoms with Crippen LogP contribution in [-0.4, -0.2) is 37.3 Å². The molecule has 18 heavy (non-hydrogen) atoms. The Balaban J connectivity index is 1.89. The van der Waals surface area contributed by atoms with E-state index in [4.69, 9.17) is 9.47 Å². The summed E-state index contributed by atoms with van der Waals surface area (Å²) in [6, 6.07) is 3.42. The van der Waals surface area contributed by atoms with Crippen molar-refractivity contribution in [2.45, 2.75) is 25.4 Å². The van der Waals surface area contributed by atoms with Gasteiger partial charge in [-0.2, -0.15) is 0 Å². The van der Waals surface area contributed by atoms with Crippen molar-refractivity contribution in [3.63, 3.8) is 0 Å². The van der Waals surface area contributed by atoms with Crippen LogP contribution in [0.2, 0.25) is 0 Å². The van der Waals surface area contributed by atoms with Gasteiger partial charge in [-0.25, -0.2) is 9.78 Å². The van der Waals surface area contributed by atoms with Gasteiger partial charge in [-0.3, -0.25) is 0 Å². The standard InChI is InChI=1S/C13H18N2O3/c1-17-13(16)11-5-2-7-14-12(11)15-8-6-10-4-3-9-18-10/h2,5,7,10H,3-4,6,8-9H2,1H3,(H,14,15). The summed E-state index contributed by atoms with van der Waals surface area (Å²) in [6.07, 6.45) is 5.18. The summed E-state index contributed by atoms with van der Waals surface area (Å²) in [7, 11) is 1.37. The minimum Gasteiger partial charge on any atom is -0.465 e. The van der Waals surface area contributed by atoms with Crippen LogP contribution in [0.1, 0.15) is 29.6 Å². The number of carbonyl (C=O) groups is 1. The lowest BCUT2D eigenvalue weighted by Crippen LogP contribution is -2.15. The van der Waals surface area contributed by atoms with Crippen LogP contribution in [0, 0.1) is 0 Å². The average Bonchev–Trinajstić information content (AvgIpc) is 2.92. The number of nitrogens with one attached hydrogen (secondary N) is 1. The number of rotatable bonds is 5. The third-order valence-electron chi connectivity index (χ3n) is 3.00. The number of pyridine rings is 1. The molecule has 0 aliphatic carbocycles. The Hall–Kier alpha value is -1.62. The monoisotopic (exact) mass is 250 g/mol. The van der Waals surface area contributed by atoms with E-state index >= 15 is 0 Å². The zero-order valence-electron chi connectivity index (χ0n) is 10.5. The minimum absolute atomic E-state index is 0.336. The first kappa shape index (κ1) is 12.8. The predicted molar refractivity (Wildman–Crippen MR) is 67.7 cm³/mol. The smallest absolute Gasteiger partial charge is 0.341 e. The molecule has 1 aliphatic rings. The third-order valence-corrected chi connectivity index (χ3v) is 3.00. The fraction of sp³-hybridized carbons (Fsp3) is 0.538. The number of hydrogen-bond donors (Lipinski definition) is 1. The van der Waals surface area contributed by atoms with Gasteiger partial charge in [0, 0.05) is 19.3 Å². The minimum atomic E-state index is -0.372. The summed E-state index contributed by atoms with van der Waals surface area (Å²) in [6.45, 7) is 1.60. The van der Waals surface area contributed by atoms with Gasteiger partial charge in [0.2, 0.25) is 0 Å². The van der Waals surface area contributed by atoms with Gasteiger partial charge >= 0.3 is 5.97 Å². The Morgan fingerprint density at radius 1 is 1.67 bits per heavy atom. The second-order valence-corrected chi connectivity index (χ2v) is 4.24. The lowest BCUT2D eigenvalue weighted by Gasteiger charge is -2.12. The molecule has 0 amide bonds. The van der Waals surface area contributed by atoms with Crippen LogP contribution in [0.15, 0.2) is 18.3 Å². The first-order valence-corrected chi connectivity index (χ1v) is 6.20. The van der Waals surface area contributed by atoms with Crippen LogP contribution >= 0.6 is 0 Å². The number of methoxy groups -OCH3 is 1. The van der Waals surface area contributed by atoms with Crippen LogP contribution in [0.5, 0.6) is 0 Å². The van der Waals surface area contributed by atoms with Crippen LogP contribution in [-0.2, 0) is 9.47 Å². The van der Waals surface area contributed by atoms with Gasteiger partial charge < -0.3 is 14.8 Å². The molecule has 0 saturated carbocycles. The van der Waals surface area contributed by atoms with E-state index in [-0.39, 0.29) is 5.97 Å². The van der Waals surface area contributed by atoms with Gasteiger partial charge in [0.15, 0.2) is 0 Å². The molecule has 1 unspecified atom stereocenters. The number of hydrogen-bond acceptors (Lipinski definition) is 5. The molecule has 5 nitrogen and oxygen atoms in total. The third kappa shape index (κ3) is 3.20. The second-order valence-electron chi connectivity index (χ2n) is 4.24. The molecule has 2 heterocycles. The molecule has 1 atom stereocenters. The van der Waals surface area contributed by atoms with Gasteiger partial charge in [0.05, 0.1) is 13.2 Å². The molecular weight excluding hydrogens is 232 g/mol. The van der Waals surface area contributed by atoms with E-state index in [2.05, 4.69) is 10.3 Å². The number of ether oxygens (including phenoxy) is 2. The summed E-state index contributed by atoms with van der Waals surface area (Å²) >= 11 is 0. The van der Waals surface area contributed by atoms with E-state index < -0.39 is 0 Å². The fourth-order valence-corrected chi connectivity index (χ4v) is 2.04. The largest absolute Gasteiger partial charge is 0.465 e. The van der Waals surface area contributed by atoms with E-state index in [0.29, 0.717) is 17.5 Å². The zero-order valence-corrected chi connectivity index (χ0v) is 10.5. The fourth-order valence-electron chi connectivity index (χ4n) is 2.04. The molecule has 1 aromatic heterocycles. The van der Waals surface area contributed by atoms with Crippen molar-refractivity contribution in [3.05, 3.63) is 23.9 Å². The first-order chi connectivity index (χ1) is 8.81. The summed E-state index contributed by atoms with van der Waals surface area (Å²) < 4.78 is 10.3. The summed E-state index contributed by atoms with van der Waals surface area (Å²) in [5, 5.41) is 3.16. The lowest BCUT2D eigenvalue weighted by atomic mass is 10.2. The molecule has 5 heteroatoms. The van der Waals surface area contributed by atoms with Crippen LogP contribution in [0.4, 0.5) is 5.82 Å². The number of carbonyl (C=O) groups excluding carboxylic acids is 1. The van der Waals surface area contributed by atoms with Gasteiger partial charge in [-0.1, -0.05) is 0 Å². The van der Waals surface area contributed by atoms with E-state index in [0.717, 1.165) is 32.4 Å². The highest BCUT2D eigenvalue weighted by Crippen LogP contribution is 2.16. The highest BCUT2D eigenvalue weighted by molar-refractivity contribution is 5.94. The topological polar surface area (TPSA) is 60.5 Å². The van der Waals surface area contributed by atoms with E-state index in [9.17, 15) is 4.79 Å². The summed E-state index contributed by atoms with van der Waals surface area (Å²) in [5.41, 5.74) is 0.465. The Bertz CT molecular complexity index is 403. The zero-order chi connectivity index (χ0) is 12.8. The normalized spacial score (nSPS) is 18.6. The molecule has 0 bridgehead atoms. The molecule has 1 N–H and O–H groups in total. The molecule has 0 radical (unpaired) electrons. The Kier molecular flexibility index (Phi) is 4.52. The van der Waals surface area contributed by atoms with Crippen molar-refractivity contribution >= 4 is 11.8 Å². The van der Waals surface area contributed by atoms with Crippen molar-refractivity contribution in [2.24, 2.45) is 0 Å². The van der Waals surface area contributed by atoms with Crippen molar-refractivity contribution in [1.29, 1.82) is 0 Å². The van der Waals surface area contributed by atoms with Gasteiger partial charge in [0.25, 0.3) is 0 Å². The average molecular weight is 250 g/mol. The second kappa shape index (κ2) is 6.35. The molecule has 1 aromatic rings. The number of esters is 1. The highest BCUT2D eigenvalue weighted by Gasteiger charge is 2.16. The maximum Gasteiger partial charge on any atom is 0.341 e. The van der Waals surface area contributed by atoms with Crippen LogP contribution in [0.25, 0.3) is 0 Å². The first-order valence-electron chi connectivity index (χ1n) is 6.20. The Labute approximate surface area is 107 Å². The Morgan fingerprint density at radius 3 is 3.28 bits per heavy atom. The molecule has 0 aromatic carbocycles.